The van der Waals surface area contributed by atoms with Crippen LogP contribution in [0.1, 0.15) is 61.1 Å². The maximum absolute atomic E-state index is 3.23. The van der Waals surface area contributed by atoms with E-state index in [-0.39, 0.29) is 40.6 Å². The summed E-state index contributed by atoms with van der Waals surface area (Å²) in [4.78, 5) is 0. The Morgan fingerprint density at radius 3 is 0.661 bits per heavy atom. The van der Waals surface area contributed by atoms with Crippen LogP contribution in [0.2, 0.25) is 121 Å². The van der Waals surface area contributed by atoms with Crippen LogP contribution >= 0.6 is 0 Å². The number of allylic oxidation sites excluding steroid dienone is 4. The fraction of sp³-hybridized carbons (Fsp3) is 0.569. The summed E-state index contributed by atoms with van der Waals surface area (Å²) in [6, 6.07) is 8.63. The molecule has 1 aliphatic carbocycles. The van der Waals surface area contributed by atoms with Crippen molar-refractivity contribution in [2.45, 2.75) is 190 Å². The molecule has 0 heterocycles. The summed E-state index contributed by atoms with van der Waals surface area (Å²) in [5.74, 6) is 0. The van der Waals surface area contributed by atoms with E-state index < -0.39 is 56.5 Å². The van der Waals surface area contributed by atoms with Crippen LogP contribution in [0.3, 0.4) is 0 Å². The van der Waals surface area contributed by atoms with Gasteiger partial charge in [0.2, 0.25) is 0 Å². The number of hydrogen-bond acceptors (Lipinski definition) is 0. The SMILES string of the molecule is CC1=C(C)[C]([Ti+3])([Si](c2cc(C)c(C)c([Si](C)(C)C)c2[Si](C)(C)C)(c2cc(C)c(C)c([Si](C)(C)C)c2[Si](C)(C)C)c2cc(C)c(C)c([Si](C)(C)C)c2[Si](C)(C)C)C(C)=C1C.[Cl-].[Cl-].[Cl-]. The van der Waals surface area contributed by atoms with Crippen molar-refractivity contribution in [2.24, 2.45) is 0 Å². The number of aryl methyl sites for hydroxylation is 3. The van der Waals surface area contributed by atoms with Crippen molar-refractivity contribution in [1.29, 1.82) is 0 Å². The molecule has 3 aromatic carbocycles. The summed E-state index contributed by atoms with van der Waals surface area (Å²) < 4.78 is -0.173. The summed E-state index contributed by atoms with van der Waals surface area (Å²) >= 11 is 2.82. The van der Waals surface area contributed by atoms with Crippen LogP contribution in [0, 0.1) is 41.5 Å². The second-order valence-electron chi connectivity index (χ2n) is 25.3. The van der Waals surface area contributed by atoms with Crippen LogP contribution in [0.4, 0.5) is 0 Å². The smallest absolute Gasteiger partial charge is 1.00 e. The minimum Gasteiger partial charge on any atom is -1.00 e. The van der Waals surface area contributed by atoms with E-state index in [1.807, 2.05) is 15.6 Å². The van der Waals surface area contributed by atoms with E-state index in [2.05, 4.69) is 226 Å². The summed E-state index contributed by atoms with van der Waals surface area (Å²) in [5, 5.41) is 16.3. The molecule has 0 saturated carbocycles. The summed E-state index contributed by atoms with van der Waals surface area (Å²) in [5.41, 5.74) is 15.6. The number of halogens is 3. The van der Waals surface area contributed by atoms with Crippen molar-refractivity contribution in [3.63, 3.8) is 0 Å². The van der Waals surface area contributed by atoms with Crippen LogP contribution in [0.15, 0.2) is 40.5 Å². The Morgan fingerprint density at radius 1 is 0.323 bits per heavy atom. The number of rotatable bonds is 10. The molecule has 0 spiro atoms. The summed E-state index contributed by atoms with van der Waals surface area (Å²) in [6.45, 7) is 73.5. The van der Waals surface area contributed by atoms with Gasteiger partial charge >= 0.3 is 388 Å². The van der Waals surface area contributed by atoms with Gasteiger partial charge in [0.25, 0.3) is 0 Å². The Bertz CT molecular complexity index is 2060. The molecular formula is C51H87Cl3Si7Ti. The van der Waals surface area contributed by atoms with E-state index in [9.17, 15) is 0 Å². The van der Waals surface area contributed by atoms with Crippen LogP contribution < -0.4 is 83.9 Å². The van der Waals surface area contributed by atoms with Crippen molar-refractivity contribution in [1.82, 2.24) is 0 Å². The molecule has 0 radical (unpaired) electrons. The average Bonchev–Trinajstić information content (AvgIpc) is 3.17. The van der Waals surface area contributed by atoms with E-state index in [1.54, 1.807) is 70.1 Å². The fourth-order valence-corrected chi connectivity index (χ4v) is 44.9. The number of hydrogen-bond donors (Lipinski definition) is 0. The van der Waals surface area contributed by atoms with Gasteiger partial charge in [-0.3, -0.25) is 0 Å². The third-order valence-corrected chi connectivity index (χ3v) is 37.0. The van der Waals surface area contributed by atoms with Crippen molar-refractivity contribution < 1.29 is 57.7 Å². The van der Waals surface area contributed by atoms with Crippen LogP contribution in [0.5, 0.6) is 0 Å². The van der Waals surface area contributed by atoms with Gasteiger partial charge in [0, 0.05) is 0 Å². The molecule has 11 heteroatoms. The first-order valence-corrected chi connectivity index (χ1v) is 46.5. The van der Waals surface area contributed by atoms with Gasteiger partial charge in [-0.2, -0.15) is 0 Å². The van der Waals surface area contributed by atoms with Crippen LogP contribution in [-0.2, 0) is 20.4 Å². The van der Waals surface area contributed by atoms with E-state index in [0.29, 0.717) is 0 Å². The van der Waals surface area contributed by atoms with Crippen molar-refractivity contribution >= 4 is 103 Å². The maximum atomic E-state index is 2.88. The zero-order chi connectivity index (χ0) is 46.1. The van der Waals surface area contributed by atoms with Gasteiger partial charge in [0.05, 0.1) is 0 Å². The second-order valence-corrected chi connectivity index (χ2v) is 61.2. The average molecular weight is 1050 g/mol. The predicted octanol–water partition coefficient (Wildman–Crippen LogP) is 1.22. The number of benzene rings is 3. The molecule has 0 amide bonds. The van der Waals surface area contributed by atoms with Crippen molar-refractivity contribution in [3.8, 4) is 0 Å². The predicted molar refractivity (Wildman–Crippen MR) is 290 cm³/mol. The van der Waals surface area contributed by atoms with Gasteiger partial charge in [-0.25, -0.2) is 0 Å². The van der Waals surface area contributed by atoms with E-state index >= 15 is 0 Å². The molecule has 0 atom stereocenters. The van der Waals surface area contributed by atoms with E-state index in [0.717, 1.165) is 0 Å². The minimum atomic E-state index is -3.23. The topological polar surface area (TPSA) is 0 Å². The Hall–Kier alpha value is 0.242. The van der Waals surface area contributed by atoms with E-state index in [4.69, 9.17) is 0 Å². The largest absolute Gasteiger partial charge is 1.00 e. The van der Waals surface area contributed by atoms with Gasteiger partial charge in [0.15, 0.2) is 0 Å². The van der Waals surface area contributed by atoms with Gasteiger partial charge < -0.3 is 37.2 Å². The molecule has 0 bridgehead atoms. The molecule has 0 fully saturated rings. The van der Waals surface area contributed by atoms with Gasteiger partial charge in [-0.05, 0) is 0 Å². The zero-order valence-electron chi connectivity index (χ0n) is 44.9. The molecule has 4 rings (SSSR count). The van der Waals surface area contributed by atoms with Crippen molar-refractivity contribution in [2.75, 3.05) is 0 Å². The maximum Gasteiger partial charge on any atom is -1.00 e. The molecule has 0 aromatic heterocycles. The molecule has 0 aliphatic heterocycles. The van der Waals surface area contributed by atoms with Crippen LogP contribution in [-0.4, -0.2) is 56.5 Å². The molecule has 0 unspecified atom stereocenters. The Morgan fingerprint density at radius 2 is 0.500 bits per heavy atom. The first-order chi connectivity index (χ1) is 26.1. The van der Waals surface area contributed by atoms with Gasteiger partial charge in [-0.15, -0.1) is 0 Å². The Balaban J connectivity index is 0.00000641. The zero-order valence-corrected chi connectivity index (χ0v) is 55.7. The third kappa shape index (κ3) is 9.75. The molecule has 344 valence electrons. The molecular weight excluding hydrogens is 963 g/mol. The quantitative estimate of drug-likeness (QED) is 0.212. The van der Waals surface area contributed by atoms with Gasteiger partial charge in [-0.1, -0.05) is 0 Å². The van der Waals surface area contributed by atoms with E-state index in [1.165, 1.54) is 16.7 Å². The van der Waals surface area contributed by atoms with Gasteiger partial charge in [0.1, 0.15) is 0 Å². The molecule has 62 heavy (non-hydrogen) atoms. The first kappa shape index (κ1) is 60.3. The summed E-state index contributed by atoms with van der Waals surface area (Å²) in [6.07, 6.45) is 0. The fourth-order valence-electron chi connectivity index (χ4n) is 11.8. The van der Waals surface area contributed by atoms with Crippen molar-refractivity contribution in [3.05, 3.63) is 73.9 Å². The monoisotopic (exact) mass is 1050 g/mol. The normalized spacial score (nSPS) is 15.5. The summed E-state index contributed by atoms with van der Waals surface area (Å²) in [7, 11) is -14.9. The standard InChI is InChI=1S/C51H87Si7.3ClH.Ti/c1-32-29-42(49(55(20,21)22)46(35(32)4)52(11,12)13)58(45-40(9)38(7)39(8)41(45)10,43-30-33(2)36(5)47(53(14,15)16)50(43)56(23,24)25)44-31-34(3)37(6)48(54(17,18)19)51(44)57(26,27)28;;;;/h29-31H,1-28H3;3*1H;/q;;;;+3/p-3. The second kappa shape index (κ2) is 19.0. The molecule has 1 aliphatic rings. The Labute approximate surface area is 421 Å². The minimum absolute atomic E-state index is 0. The van der Waals surface area contributed by atoms with Crippen LogP contribution in [0.25, 0.3) is 0 Å². The first-order valence-electron chi connectivity index (χ1n) is 22.7. The molecule has 0 nitrogen and oxygen atoms in total. The molecule has 0 N–H and O–H groups in total. The molecule has 3 aromatic rings. The molecule has 0 saturated heterocycles. The Kier molecular flexibility index (Phi) is 18.4. The third-order valence-electron chi connectivity index (χ3n) is 14.6.